The van der Waals surface area contributed by atoms with Crippen molar-refractivity contribution in [2.24, 2.45) is 0 Å². The van der Waals surface area contributed by atoms with Gasteiger partial charge in [0.1, 0.15) is 17.3 Å². The summed E-state index contributed by atoms with van der Waals surface area (Å²) in [6.07, 6.45) is 0. The summed E-state index contributed by atoms with van der Waals surface area (Å²) in [5.74, 6) is -0.104. The first-order valence-corrected chi connectivity index (χ1v) is 12.8. The van der Waals surface area contributed by atoms with Crippen molar-refractivity contribution in [3.8, 4) is 11.5 Å². The van der Waals surface area contributed by atoms with E-state index in [0.29, 0.717) is 17.9 Å². The van der Waals surface area contributed by atoms with Gasteiger partial charge in [0.05, 0.1) is 25.3 Å². The molecule has 1 fully saturated rings. The third kappa shape index (κ3) is 5.30. The van der Waals surface area contributed by atoms with Gasteiger partial charge >= 0.3 is 0 Å². The van der Waals surface area contributed by atoms with E-state index in [1.54, 1.807) is 13.2 Å². The van der Waals surface area contributed by atoms with Crippen LogP contribution in [0.5, 0.6) is 11.5 Å². The Kier molecular flexibility index (Phi) is 7.63. The van der Waals surface area contributed by atoms with Crippen LogP contribution in [0.15, 0.2) is 72.3 Å². The van der Waals surface area contributed by atoms with Gasteiger partial charge in [-0.25, -0.2) is 0 Å². The summed E-state index contributed by atoms with van der Waals surface area (Å²) in [6, 6.07) is 19.7. The van der Waals surface area contributed by atoms with E-state index in [1.165, 1.54) is 4.90 Å². The number of ketones is 1. The number of rotatable bonds is 7. The lowest BCUT2D eigenvalue weighted by molar-refractivity contribution is -0.140. The van der Waals surface area contributed by atoms with Crippen molar-refractivity contribution in [2.75, 3.05) is 13.7 Å². The highest BCUT2D eigenvalue weighted by Gasteiger charge is 2.46. The molecule has 0 saturated carbocycles. The van der Waals surface area contributed by atoms with Crippen LogP contribution in [0.4, 0.5) is 0 Å². The first-order valence-electron chi connectivity index (χ1n) is 12.8. The Morgan fingerprint density at radius 2 is 1.71 bits per heavy atom. The summed E-state index contributed by atoms with van der Waals surface area (Å²) in [5, 5.41) is 11.6. The van der Waals surface area contributed by atoms with Gasteiger partial charge in [0.25, 0.3) is 11.7 Å². The van der Waals surface area contributed by atoms with Crippen LogP contribution in [0, 0.1) is 6.92 Å². The molecule has 1 aliphatic rings. The van der Waals surface area contributed by atoms with E-state index in [2.05, 4.69) is 20.8 Å². The number of amides is 1. The van der Waals surface area contributed by atoms with Gasteiger partial charge < -0.3 is 19.5 Å². The number of carbonyl (C=O) groups excluding carboxylic acids is 2. The largest absolute Gasteiger partial charge is 0.507 e. The molecule has 0 bridgehead atoms. The van der Waals surface area contributed by atoms with Crippen molar-refractivity contribution in [2.45, 2.75) is 52.6 Å². The van der Waals surface area contributed by atoms with Crippen molar-refractivity contribution in [3.63, 3.8) is 0 Å². The summed E-state index contributed by atoms with van der Waals surface area (Å²) in [5.41, 5.74) is 3.80. The molecule has 6 nitrogen and oxygen atoms in total. The van der Waals surface area contributed by atoms with Crippen molar-refractivity contribution >= 4 is 17.4 Å². The van der Waals surface area contributed by atoms with E-state index in [0.717, 1.165) is 28.0 Å². The van der Waals surface area contributed by atoms with Crippen molar-refractivity contribution in [3.05, 3.63) is 100 Å². The fourth-order valence-electron chi connectivity index (χ4n) is 4.86. The smallest absolute Gasteiger partial charge is 0.295 e. The number of aliphatic hydroxyl groups is 1. The number of carbonyl (C=O) groups is 2. The maximum absolute atomic E-state index is 13.5. The predicted molar refractivity (Wildman–Crippen MR) is 148 cm³/mol. The Bertz CT molecular complexity index is 1380. The van der Waals surface area contributed by atoms with Crippen LogP contribution in [0.2, 0.25) is 0 Å². The average Bonchev–Trinajstić information content (AvgIpc) is 3.13. The third-order valence-electron chi connectivity index (χ3n) is 6.77. The molecule has 1 amide bonds. The van der Waals surface area contributed by atoms with E-state index in [-0.39, 0.29) is 23.3 Å². The van der Waals surface area contributed by atoms with Gasteiger partial charge in [-0.05, 0) is 60.7 Å². The fraction of sp³-hybridized carbons (Fsp3) is 0.312. The average molecular weight is 514 g/mol. The zero-order valence-corrected chi connectivity index (χ0v) is 22.9. The molecule has 1 N–H and O–H groups in total. The highest BCUT2D eigenvalue weighted by Crippen LogP contribution is 2.42. The Balaban J connectivity index is 1.86. The molecule has 1 heterocycles. The zero-order chi connectivity index (χ0) is 27.6. The Labute approximate surface area is 224 Å². The van der Waals surface area contributed by atoms with Gasteiger partial charge in [0.2, 0.25) is 0 Å². The first kappa shape index (κ1) is 27.0. The number of benzene rings is 3. The second-order valence-electron chi connectivity index (χ2n) is 10.6. The van der Waals surface area contributed by atoms with Gasteiger partial charge in [-0.1, -0.05) is 62.7 Å². The van der Waals surface area contributed by atoms with E-state index in [4.69, 9.17) is 9.47 Å². The molecule has 1 unspecified atom stereocenters. The molecule has 6 heteroatoms. The molecule has 198 valence electrons. The molecule has 0 radical (unpaired) electrons. The van der Waals surface area contributed by atoms with Crippen LogP contribution >= 0.6 is 0 Å². The number of methoxy groups -OCH3 is 1. The Morgan fingerprint density at radius 1 is 1.00 bits per heavy atom. The van der Waals surface area contributed by atoms with Gasteiger partial charge in [-0.15, -0.1) is 0 Å². The lowest BCUT2D eigenvalue weighted by Gasteiger charge is -2.26. The molecule has 4 rings (SSSR count). The molecule has 3 aromatic rings. The summed E-state index contributed by atoms with van der Waals surface area (Å²) in [6.45, 7) is 10.8. The van der Waals surface area contributed by atoms with Gasteiger partial charge in [0, 0.05) is 17.7 Å². The number of ether oxygens (including phenoxy) is 2. The number of hydrogen-bond donors (Lipinski definition) is 1. The maximum atomic E-state index is 13.5. The molecule has 1 atom stereocenters. The number of aryl methyl sites for hydroxylation is 1. The number of hydrogen-bond acceptors (Lipinski definition) is 5. The quantitative estimate of drug-likeness (QED) is 0.227. The number of Topliss-reactive ketones (excluding diaryl/α,β-unsaturated/α-hetero) is 1. The fourth-order valence-corrected chi connectivity index (χ4v) is 4.86. The summed E-state index contributed by atoms with van der Waals surface area (Å²) >= 11 is 0. The first-order chi connectivity index (χ1) is 18.0. The predicted octanol–water partition coefficient (Wildman–Crippen LogP) is 6.32. The van der Waals surface area contributed by atoms with Crippen LogP contribution in [0.1, 0.15) is 61.6 Å². The van der Waals surface area contributed by atoms with Gasteiger partial charge in [-0.3, -0.25) is 9.59 Å². The van der Waals surface area contributed by atoms with E-state index in [9.17, 15) is 14.7 Å². The molecule has 1 aliphatic heterocycles. The van der Waals surface area contributed by atoms with Gasteiger partial charge in [0.15, 0.2) is 0 Å². The summed E-state index contributed by atoms with van der Waals surface area (Å²) in [7, 11) is 1.59. The van der Waals surface area contributed by atoms with Crippen molar-refractivity contribution in [1.29, 1.82) is 0 Å². The lowest BCUT2D eigenvalue weighted by atomic mass is 9.84. The SMILES string of the molecule is CCOc1ccc(/C(O)=C2/C(=O)C(=O)N(Cc3ccc(OC)cc3)C2c2cccc(C)c2)cc1C(C)(C)C. The maximum Gasteiger partial charge on any atom is 0.295 e. The van der Waals surface area contributed by atoms with Crippen LogP contribution in [-0.4, -0.2) is 35.4 Å². The number of likely N-dealkylation sites (tertiary alicyclic amines) is 1. The molecule has 38 heavy (non-hydrogen) atoms. The Morgan fingerprint density at radius 3 is 2.32 bits per heavy atom. The zero-order valence-electron chi connectivity index (χ0n) is 22.9. The normalized spacial score (nSPS) is 17.1. The highest BCUT2D eigenvalue weighted by atomic mass is 16.5. The number of aliphatic hydroxyl groups excluding tert-OH is 1. The topological polar surface area (TPSA) is 76.1 Å². The molecule has 0 aliphatic carbocycles. The summed E-state index contributed by atoms with van der Waals surface area (Å²) < 4.78 is 11.1. The van der Waals surface area contributed by atoms with Crippen LogP contribution in [-0.2, 0) is 21.5 Å². The number of nitrogens with zero attached hydrogens (tertiary/aromatic N) is 1. The minimum Gasteiger partial charge on any atom is -0.507 e. The molecular weight excluding hydrogens is 478 g/mol. The minimum absolute atomic E-state index is 0.0816. The molecule has 1 saturated heterocycles. The van der Waals surface area contributed by atoms with Crippen molar-refractivity contribution < 1.29 is 24.2 Å². The lowest BCUT2D eigenvalue weighted by Crippen LogP contribution is -2.29. The van der Waals surface area contributed by atoms with Crippen LogP contribution < -0.4 is 9.47 Å². The molecular formula is C32H35NO5. The van der Waals surface area contributed by atoms with Gasteiger partial charge in [-0.2, -0.15) is 0 Å². The molecule has 0 spiro atoms. The second-order valence-corrected chi connectivity index (χ2v) is 10.6. The third-order valence-corrected chi connectivity index (χ3v) is 6.77. The minimum atomic E-state index is -0.735. The standard InChI is InChI=1S/C32H35NO5/c1-7-38-26-16-13-23(18-25(26)32(3,4)5)29(34)27-28(22-10-8-9-20(2)17-22)33(31(36)30(27)35)19-21-11-14-24(37-6)15-12-21/h8-18,28,34H,7,19H2,1-6H3/b29-27-. The second kappa shape index (κ2) is 10.7. The Hall–Kier alpha value is -4.06. The molecule has 3 aromatic carbocycles. The van der Waals surface area contributed by atoms with E-state index in [1.807, 2.05) is 74.5 Å². The monoisotopic (exact) mass is 513 g/mol. The van der Waals surface area contributed by atoms with E-state index < -0.39 is 17.7 Å². The van der Waals surface area contributed by atoms with Crippen LogP contribution in [0.25, 0.3) is 5.76 Å². The van der Waals surface area contributed by atoms with Crippen molar-refractivity contribution in [1.82, 2.24) is 4.90 Å². The van der Waals surface area contributed by atoms with E-state index >= 15 is 0 Å². The highest BCUT2D eigenvalue weighted by molar-refractivity contribution is 6.46. The summed E-state index contributed by atoms with van der Waals surface area (Å²) in [4.78, 5) is 28.4. The molecule has 0 aromatic heterocycles. The van der Waals surface area contributed by atoms with Crippen LogP contribution in [0.3, 0.4) is 0 Å².